The number of benzene rings is 2. The smallest absolute Gasteiger partial charge is 0.255 e. The van der Waals surface area contributed by atoms with Crippen LogP contribution in [0.5, 0.6) is 5.75 Å². The quantitative estimate of drug-likeness (QED) is 0.469. The van der Waals surface area contributed by atoms with Crippen molar-refractivity contribution in [3.05, 3.63) is 64.7 Å². The van der Waals surface area contributed by atoms with E-state index in [-0.39, 0.29) is 37.1 Å². The molecule has 0 aliphatic carbocycles. The molecule has 1 aliphatic rings. The molecule has 4 amide bonds. The van der Waals surface area contributed by atoms with Crippen LogP contribution in [-0.4, -0.2) is 60.8 Å². The van der Waals surface area contributed by atoms with E-state index < -0.39 is 23.9 Å². The number of ether oxygens (including phenoxy) is 1. The summed E-state index contributed by atoms with van der Waals surface area (Å²) in [6.45, 7) is 5.20. The van der Waals surface area contributed by atoms with Crippen molar-refractivity contribution in [2.24, 2.45) is 5.92 Å². The first-order valence-electron chi connectivity index (χ1n) is 14.7. The first-order chi connectivity index (χ1) is 20.2. The van der Waals surface area contributed by atoms with Gasteiger partial charge < -0.3 is 25.6 Å². The summed E-state index contributed by atoms with van der Waals surface area (Å²) in [5.74, 6) is -0.788. The van der Waals surface area contributed by atoms with Gasteiger partial charge in [-0.05, 0) is 55.4 Å². The van der Waals surface area contributed by atoms with E-state index in [0.29, 0.717) is 35.9 Å². The average molecular weight is 599 g/mol. The lowest BCUT2D eigenvalue weighted by atomic mass is 10.0. The van der Waals surface area contributed by atoms with Crippen LogP contribution in [0.1, 0.15) is 74.7 Å². The van der Waals surface area contributed by atoms with E-state index in [4.69, 9.17) is 16.3 Å². The maximum atomic E-state index is 13.4. The molecule has 0 bridgehead atoms. The Morgan fingerprint density at radius 2 is 1.74 bits per heavy atom. The molecular formula is C32H43ClN4O5. The Labute approximate surface area is 253 Å². The number of hydrogen-bond donors (Lipinski definition) is 3. The summed E-state index contributed by atoms with van der Waals surface area (Å²) >= 11 is 6.25. The van der Waals surface area contributed by atoms with E-state index in [9.17, 15) is 19.2 Å². The van der Waals surface area contributed by atoms with E-state index in [0.717, 1.165) is 31.2 Å². The molecule has 2 atom stereocenters. The minimum atomic E-state index is -1.01. The third kappa shape index (κ3) is 10.4. The molecule has 42 heavy (non-hydrogen) atoms. The highest BCUT2D eigenvalue weighted by molar-refractivity contribution is 6.31. The number of carbonyl (C=O) groups is 4. The van der Waals surface area contributed by atoms with E-state index in [2.05, 4.69) is 16.0 Å². The van der Waals surface area contributed by atoms with E-state index in [1.54, 1.807) is 54.4 Å². The highest BCUT2D eigenvalue weighted by Crippen LogP contribution is 2.20. The van der Waals surface area contributed by atoms with Crippen molar-refractivity contribution in [3.63, 3.8) is 0 Å². The second-order valence-electron chi connectivity index (χ2n) is 11.1. The maximum Gasteiger partial charge on any atom is 0.255 e. The molecule has 2 aromatic rings. The summed E-state index contributed by atoms with van der Waals surface area (Å²) in [5.41, 5.74) is 1.04. The Kier molecular flexibility index (Phi) is 13.1. The average Bonchev–Trinajstić information content (AvgIpc) is 2.96. The molecule has 0 spiro atoms. The fourth-order valence-electron chi connectivity index (χ4n) is 4.83. The predicted octanol–water partition coefficient (Wildman–Crippen LogP) is 4.48. The first-order valence-corrected chi connectivity index (χ1v) is 15.1. The van der Waals surface area contributed by atoms with Gasteiger partial charge in [0.1, 0.15) is 17.8 Å². The molecule has 228 valence electrons. The normalized spacial score (nSPS) is 19.8. The zero-order valence-electron chi connectivity index (χ0n) is 24.8. The second-order valence-corrected chi connectivity index (χ2v) is 11.5. The number of rotatable bonds is 5. The van der Waals surface area contributed by atoms with Crippen LogP contribution in [0, 0.1) is 5.92 Å². The van der Waals surface area contributed by atoms with Crippen molar-refractivity contribution in [1.82, 2.24) is 20.9 Å². The lowest BCUT2D eigenvalue weighted by molar-refractivity contribution is -0.136. The van der Waals surface area contributed by atoms with Gasteiger partial charge in [0.2, 0.25) is 17.7 Å². The lowest BCUT2D eigenvalue weighted by Gasteiger charge is -2.26. The molecule has 1 heterocycles. The SMILES string of the molecule is CC(C)C[C@@H]1NC(=O)CC[C@@H](C(=O)NCc2ccccc2Cl)NC(=O)c2ccccc2OCCCCCCN(C)C1=O. The molecule has 0 saturated carbocycles. The minimum absolute atomic E-state index is 0.0351. The van der Waals surface area contributed by atoms with Crippen molar-refractivity contribution in [3.8, 4) is 5.75 Å². The van der Waals surface area contributed by atoms with E-state index in [1.165, 1.54) is 0 Å². The van der Waals surface area contributed by atoms with Crippen molar-refractivity contribution < 1.29 is 23.9 Å². The lowest BCUT2D eigenvalue weighted by Crippen LogP contribution is -2.49. The summed E-state index contributed by atoms with van der Waals surface area (Å²) in [6.07, 6.45) is 3.95. The highest BCUT2D eigenvalue weighted by atomic mass is 35.5. The summed E-state index contributed by atoms with van der Waals surface area (Å²) in [4.78, 5) is 54.7. The third-order valence-electron chi connectivity index (χ3n) is 7.19. The molecule has 10 heteroatoms. The molecule has 2 aromatic carbocycles. The largest absolute Gasteiger partial charge is 0.493 e. The van der Waals surface area contributed by atoms with Gasteiger partial charge in [0, 0.05) is 31.6 Å². The predicted molar refractivity (Wildman–Crippen MR) is 163 cm³/mol. The van der Waals surface area contributed by atoms with Crippen LogP contribution in [0.4, 0.5) is 0 Å². The molecular weight excluding hydrogens is 556 g/mol. The molecule has 0 aromatic heterocycles. The van der Waals surface area contributed by atoms with Crippen LogP contribution >= 0.6 is 11.6 Å². The summed E-state index contributed by atoms with van der Waals surface area (Å²) in [6, 6.07) is 12.4. The molecule has 3 rings (SSSR count). The molecule has 0 fully saturated rings. The molecule has 0 radical (unpaired) electrons. The number of nitrogens with one attached hydrogen (secondary N) is 3. The van der Waals surface area contributed by atoms with Gasteiger partial charge in [-0.15, -0.1) is 0 Å². The van der Waals surface area contributed by atoms with Gasteiger partial charge in [0.15, 0.2) is 0 Å². The summed E-state index contributed by atoms with van der Waals surface area (Å²) < 4.78 is 5.94. The monoisotopic (exact) mass is 598 g/mol. The number of amides is 4. The van der Waals surface area contributed by atoms with Crippen LogP contribution in [0.25, 0.3) is 0 Å². The van der Waals surface area contributed by atoms with Crippen molar-refractivity contribution in [1.29, 1.82) is 0 Å². The van der Waals surface area contributed by atoms with Gasteiger partial charge >= 0.3 is 0 Å². The number of likely N-dealkylation sites (N-methyl/N-ethyl adjacent to an activating group) is 1. The van der Waals surface area contributed by atoms with Crippen LogP contribution in [0.2, 0.25) is 5.02 Å². The molecule has 3 N–H and O–H groups in total. The van der Waals surface area contributed by atoms with Gasteiger partial charge in [-0.25, -0.2) is 0 Å². The molecule has 1 aliphatic heterocycles. The molecule has 0 saturated heterocycles. The third-order valence-corrected chi connectivity index (χ3v) is 7.56. The Balaban J connectivity index is 1.82. The summed E-state index contributed by atoms with van der Waals surface area (Å²) in [5, 5.41) is 9.02. The fourth-order valence-corrected chi connectivity index (χ4v) is 5.03. The molecule has 9 nitrogen and oxygen atoms in total. The standard InChI is InChI=1S/C32H43ClN4O5/c1-22(2)20-27-32(41)37(3)18-10-4-5-11-19-42-28-15-9-7-13-24(28)30(39)36-26(16-17-29(38)35-27)31(40)34-21-23-12-6-8-14-25(23)33/h6-9,12-15,22,26-27H,4-5,10-11,16-21H2,1-3H3,(H,34,40)(H,35,38)(H,36,39)/t26-,27-/m0/s1. The zero-order chi connectivity index (χ0) is 30.5. The first kappa shape index (κ1) is 32.9. The summed E-state index contributed by atoms with van der Waals surface area (Å²) in [7, 11) is 1.76. The highest BCUT2D eigenvalue weighted by Gasteiger charge is 2.27. The number of para-hydroxylation sites is 1. The van der Waals surface area contributed by atoms with Crippen molar-refractivity contribution >= 4 is 35.2 Å². The Hall–Kier alpha value is -3.59. The topological polar surface area (TPSA) is 117 Å². The van der Waals surface area contributed by atoms with Gasteiger partial charge in [0.25, 0.3) is 5.91 Å². The van der Waals surface area contributed by atoms with Gasteiger partial charge in [-0.2, -0.15) is 0 Å². The number of carbonyl (C=O) groups excluding carboxylic acids is 4. The van der Waals surface area contributed by atoms with Crippen LogP contribution < -0.4 is 20.7 Å². The fraction of sp³-hybridized carbons (Fsp3) is 0.500. The van der Waals surface area contributed by atoms with Crippen molar-refractivity contribution in [2.75, 3.05) is 20.2 Å². The van der Waals surface area contributed by atoms with E-state index >= 15 is 0 Å². The van der Waals surface area contributed by atoms with Crippen LogP contribution in [-0.2, 0) is 20.9 Å². The van der Waals surface area contributed by atoms with Gasteiger partial charge in [0.05, 0.1) is 12.2 Å². The van der Waals surface area contributed by atoms with Crippen LogP contribution in [0.3, 0.4) is 0 Å². The zero-order valence-corrected chi connectivity index (χ0v) is 25.5. The second kappa shape index (κ2) is 16.8. The Bertz CT molecular complexity index is 1220. The Morgan fingerprint density at radius 3 is 2.50 bits per heavy atom. The van der Waals surface area contributed by atoms with Gasteiger partial charge in [-0.3, -0.25) is 19.2 Å². The number of halogens is 1. The van der Waals surface area contributed by atoms with Crippen LogP contribution in [0.15, 0.2) is 48.5 Å². The molecule has 0 unspecified atom stereocenters. The number of hydrogen-bond acceptors (Lipinski definition) is 5. The van der Waals surface area contributed by atoms with Crippen molar-refractivity contribution in [2.45, 2.75) is 77.4 Å². The van der Waals surface area contributed by atoms with E-state index in [1.807, 2.05) is 19.9 Å². The maximum absolute atomic E-state index is 13.4. The minimum Gasteiger partial charge on any atom is -0.493 e. The van der Waals surface area contributed by atoms with Gasteiger partial charge in [-0.1, -0.05) is 68.6 Å². The Morgan fingerprint density at radius 1 is 1.02 bits per heavy atom. The number of nitrogens with zero attached hydrogens (tertiary/aromatic N) is 1. The number of fused-ring (bicyclic) bond motifs is 1.